The fourth-order valence-electron chi connectivity index (χ4n) is 1.96. The molecule has 1 nitrogen and oxygen atoms in total. The number of carbonyl (C=O) groups is 1. The molecule has 2 aromatic carbocycles. The van der Waals surface area contributed by atoms with Crippen LogP contribution in [0.25, 0.3) is 11.1 Å². The molecule has 0 aromatic heterocycles. The highest BCUT2D eigenvalue weighted by Gasteiger charge is 2.11. The van der Waals surface area contributed by atoms with Gasteiger partial charge in [-0.2, -0.15) is 0 Å². The molecule has 0 aliphatic rings. The van der Waals surface area contributed by atoms with Gasteiger partial charge in [-0.15, -0.1) is 0 Å². The minimum atomic E-state index is -0.272. The number of carbonyl (C=O) groups excluding carboxylic acids is 1. The molecular formula is C15H13FO. The van der Waals surface area contributed by atoms with Crippen molar-refractivity contribution in [3.05, 3.63) is 59.4 Å². The second-order valence-electron chi connectivity index (χ2n) is 4.06. The number of Topliss-reactive ketones (excluding diaryl/α,β-unsaturated/α-hetero) is 1. The van der Waals surface area contributed by atoms with Crippen LogP contribution >= 0.6 is 0 Å². The van der Waals surface area contributed by atoms with Crippen molar-refractivity contribution in [1.82, 2.24) is 0 Å². The van der Waals surface area contributed by atoms with E-state index in [0.717, 1.165) is 16.7 Å². The lowest BCUT2D eigenvalue weighted by Gasteiger charge is -2.10. The average Bonchev–Trinajstić information content (AvgIpc) is 2.30. The molecule has 0 atom stereocenters. The Morgan fingerprint density at radius 2 is 1.71 bits per heavy atom. The van der Waals surface area contributed by atoms with E-state index in [1.54, 1.807) is 25.1 Å². The van der Waals surface area contributed by atoms with Gasteiger partial charge in [0.05, 0.1) is 0 Å². The van der Waals surface area contributed by atoms with E-state index in [4.69, 9.17) is 0 Å². The van der Waals surface area contributed by atoms with Gasteiger partial charge in [0, 0.05) is 5.56 Å². The van der Waals surface area contributed by atoms with Gasteiger partial charge in [0.2, 0.25) is 0 Å². The molecule has 0 aliphatic heterocycles. The minimum Gasteiger partial charge on any atom is -0.294 e. The van der Waals surface area contributed by atoms with Gasteiger partial charge in [0.1, 0.15) is 5.82 Å². The van der Waals surface area contributed by atoms with Gasteiger partial charge in [-0.3, -0.25) is 4.79 Å². The summed E-state index contributed by atoms with van der Waals surface area (Å²) in [6, 6.07) is 11.8. The Labute approximate surface area is 99.9 Å². The number of halogens is 1. The summed E-state index contributed by atoms with van der Waals surface area (Å²) in [6.45, 7) is 3.49. The van der Waals surface area contributed by atoms with Gasteiger partial charge in [0.15, 0.2) is 5.78 Å². The SMILES string of the molecule is CC(=O)c1cccc(C)c1-c1ccc(F)cc1. The van der Waals surface area contributed by atoms with Crippen molar-refractivity contribution in [2.24, 2.45) is 0 Å². The molecule has 0 N–H and O–H groups in total. The summed E-state index contributed by atoms with van der Waals surface area (Å²) < 4.78 is 12.9. The van der Waals surface area contributed by atoms with E-state index in [1.807, 2.05) is 19.1 Å². The zero-order chi connectivity index (χ0) is 12.4. The Bertz CT molecular complexity index is 556. The minimum absolute atomic E-state index is 0.0213. The highest BCUT2D eigenvalue weighted by molar-refractivity contribution is 6.01. The summed E-state index contributed by atoms with van der Waals surface area (Å²) in [5.41, 5.74) is 3.45. The molecule has 0 aliphatic carbocycles. The molecule has 0 bridgehead atoms. The molecule has 86 valence electrons. The Balaban J connectivity index is 2.65. The summed E-state index contributed by atoms with van der Waals surface area (Å²) in [4.78, 5) is 11.6. The van der Waals surface area contributed by atoms with E-state index >= 15 is 0 Å². The van der Waals surface area contributed by atoms with E-state index < -0.39 is 0 Å². The first-order valence-electron chi connectivity index (χ1n) is 5.46. The number of hydrogen-bond donors (Lipinski definition) is 0. The fourth-order valence-corrected chi connectivity index (χ4v) is 1.96. The number of rotatable bonds is 2. The predicted octanol–water partition coefficient (Wildman–Crippen LogP) is 4.00. The molecule has 17 heavy (non-hydrogen) atoms. The Morgan fingerprint density at radius 1 is 1.06 bits per heavy atom. The zero-order valence-electron chi connectivity index (χ0n) is 9.83. The summed E-state index contributed by atoms with van der Waals surface area (Å²) in [5, 5.41) is 0. The lowest BCUT2D eigenvalue weighted by Crippen LogP contribution is -1.98. The van der Waals surface area contributed by atoms with Crippen LogP contribution in [0.2, 0.25) is 0 Å². The maximum atomic E-state index is 12.9. The van der Waals surface area contributed by atoms with Crippen LogP contribution in [-0.2, 0) is 0 Å². The zero-order valence-corrected chi connectivity index (χ0v) is 9.83. The van der Waals surface area contributed by atoms with Gasteiger partial charge < -0.3 is 0 Å². The van der Waals surface area contributed by atoms with Crippen molar-refractivity contribution >= 4 is 5.78 Å². The van der Waals surface area contributed by atoms with E-state index in [2.05, 4.69) is 0 Å². The quantitative estimate of drug-likeness (QED) is 0.710. The van der Waals surface area contributed by atoms with E-state index in [9.17, 15) is 9.18 Å². The van der Waals surface area contributed by atoms with Crippen LogP contribution in [0.5, 0.6) is 0 Å². The molecule has 2 aromatic rings. The van der Waals surface area contributed by atoms with Crippen LogP contribution in [0.1, 0.15) is 22.8 Å². The van der Waals surface area contributed by atoms with Crippen molar-refractivity contribution in [1.29, 1.82) is 0 Å². The lowest BCUT2D eigenvalue weighted by molar-refractivity contribution is 0.101. The molecule has 0 amide bonds. The molecule has 0 unspecified atom stereocenters. The highest BCUT2D eigenvalue weighted by Crippen LogP contribution is 2.27. The first-order valence-corrected chi connectivity index (χ1v) is 5.46. The van der Waals surface area contributed by atoms with Crippen molar-refractivity contribution in [3.63, 3.8) is 0 Å². The smallest absolute Gasteiger partial charge is 0.160 e. The molecule has 0 fully saturated rings. The Hall–Kier alpha value is -1.96. The number of ketones is 1. The fraction of sp³-hybridized carbons (Fsp3) is 0.133. The van der Waals surface area contributed by atoms with E-state index in [0.29, 0.717) is 5.56 Å². The normalized spacial score (nSPS) is 10.3. The third-order valence-electron chi connectivity index (χ3n) is 2.78. The summed E-state index contributed by atoms with van der Waals surface area (Å²) in [7, 11) is 0. The highest BCUT2D eigenvalue weighted by atomic mass is 19.1. The molecule has 0 saturated carbocycles. The number of benzene rings is 2. The average molecular weight is 228 g/mol. The van der Waals surface area contributed by atoms with Crippen molar-refractivity contribution in [3.8, 4) is 11.1 Å². The molecule has 0 saturated heterocycles. The first kappa shape index (κ1) is 11.5. The molecule has 2 rings (SSSR count). The molecule has 0 heterocycles. The van der Waals surface area contributed by atoms with Crippen LogP contribution in [0.4, 0.5) is 4.39 Å². The van der Waals surface area contributed by atoms with Crippen molar-refractivity contribution < 1.29 is 9.18 Å². The maximum Gasteiger partial charge on any atom is 0.160 e. The van der Waals surface area contributed by atoms with Gasteiger partial charge in [-0.1, -0.05) is 30.3 Å². The van der Waals surface area contributed by atoms with E-state index in [-0.39, 0.29) is 11.6 Å². The maximum absolute atomic E-state index is 12.9. The second kappa shape index (κ2) is 4.50. The lowest BCUT2D eigenvalue weighted by atomic mass is 9.93. The topological polar surface area (TPSA) is 17.1 Å². The van der Waals surface area contributed by atoms with E-state index in [1.165, 1.54) is 12.1 Å². The van der Waals surface area contributed by atoms with Crippen LogP contribution in [0.3, 0.4) is 0 Å². The standard InChI is InChI=1S/C15H13FO/c1-10-4-3-5-14(11(2)17)15(10)12-6-8-13(16)9-7-12/h3-9H,1-2H3. The number of hydrogen-bond acceptors (Lipinski definition) is 1. The van der Waals surface area contributed by atoms with Gasteiger partial charge >= 0.3 is 0 Å². The van der Waals surface area contributed by atoms with Crippen molar-refractivity contribution in [2.75, 3.05) is 0 Å². The van der Waals surface area contributed by atoms with Crippen LogP contribution in [-0.4, -0.2) is 5.78 Å². The monoisotopic (exact) mass is 228 g/mol. The third-order valence-corrected chi connectivity index (χ3v) is 2.78. The van der Waals surface area contributed by atoms with Crippen LogP contribution < -0.4 is 0 Å². The molecule has 2 heteroatoms. The van der Waals surface area contributed by atoms with Gasteiger partial charge in [-0.25, -0.2) is 4.39 Å². The summed E-state index contributed by atoms with van der Waals surface area (Å²) in [6.07, 6.45) is 0. The molecule has 0 radical (unpaired) electrons. The summed E-state index contributed by atoms with van der Waals surface area (Å²) >= 11 is 0. The molecular weight excluding hydrogens is 215 g/mol. The number of aryl methyl sites for hydroxylation is 1. The van der Waals surface area contributed by atoms with Crippen LogP contribution in [0.15, 0.2) is 42.5 Å². The van der Waals surface area contributed by atoms with Gasteiger partial charge in [0.25, 0.3) is 0 Å². The summed E-state index contributed by atoms with van der Waals surface area (Å²) in [5.74, 6) is -0.250. The predicted molar refractivity (Wildman–Crippen MR) is 66.6 cm³/mol. The second-order valence-corrected chi connectivity index (χ2v) is 4.06. The van der Waals surface area contributed by atoms with Gasteiger partial charge in [-0.05, 0) is 42.7 Å². The Morgan fingerprint density at radius 3 is 2.29 bits per heavy atom. The third kappa shape index (κ3) is 2.26. The Kier molecular flexibility index (Phi) is 3.05. The first-order chi connectivity index (χ1) is 8.09. The van der Waals surface area contributed by atoms with Crippen LogP contribution in [0, 0.1) is 12.7 Å². The molecule has 0 spiro atoms. The van der Waals surface area contributed by atoms with Crippen molar-refractivity contribution in [2.45, 2.75) is 13.8 Å². The largest absolute Gasteiger partial charge is 0.294 e.